The Morgan fingerprint density at radius 2 is 2.40 bits per heavy atom. The monoisotopic (exact) mass is 212 g/mol. The standard InChI is InChI=1S/C11H20N2O2/c1-15-8-7-13-6-4-11(10(13)14)3-2-5-12-9-11/h12H,2-9H2,1H3/t11-/m0/s1. The molecule has 4 nitrogen and oxygen atoms in total. The van der Waals surface area contributed by atoms with E-state index in [-0.39, 0.29) is 5.41 Å². The van der Waals surface area contributed by atoms with E-state index in [4.69, 9.17) is 4.74 Å². The largest absolute Gasteiger partial charge is 0.383 e. The molecule has 0 aromatic carbocycles. The highest BCUT2D eigenvalue weighted by atomic mass is 16.5. The van der Waals surface area contributed by atoms with Crippen molar-refractivity contribution in [1.29, 1.82) is 0 Å². The first kappa shape index (κ1) is 10.9. The molecule has 15 heavy (non-hydrogen) atoms. The SMILES string of the molecule is COCCN1CC[C@]2(CCCNC2)C1=O. The second-order valence-electron chi connectivity index (χ2n) is 4.60. The fourth-order valence-electron chi connectivity index (χ4n) is 2.67. The van der Waals surface area contributed by atoms with Crippen LogP contribution in [0.4, 0.5) is 0 Å². The number of methoxy groups -OCH3 is 1. The van der Waals surface area contributed by atoms with Crippen LogP contribution in [-0.2, 0) is 9.53 Å². The van der Waals surface area contributed by atoms with Crippen molar-refractivity contribution >= 4 is 5.91 Å². The Labute approximate surface area is 91.0 Å². The van der Waals surface area contributed by atoms with Crippen LogP contribution in [0.15, 0.2) is 0 Å². The van der Waals surface area contributed by atoms with Gasteiger partial charge in [0.15, 0.2) is 0 Å². The molecule has 1 atom stereocenters. The van der Waals surface area contributed by atoms with Crippen LogP contribution in [0, 0.1) is 5.41 Å². The summed E-state index contributed by atoms with van der Waals surface area (Å²) >= 11 is 0. The van der Waals surface area contributed by atoms with Gasteiger partial charge in [-0.15, -0.1) is 0 Å². The molecule has 0 aromatic rings. The molecular formula is C11H20N2O2. The van der Waals surface area contributed by atoms with E-state index >= 15 is 0 Å². The van der Waals surface area contributed by atoms with Crippen molar-refractivity contribution in [3.63, 3.8) is 0 Å². The van der Waals surface area contributed by atoms with Crippen molar-refractivity contribution in [2.45, 2.75) is 19.3 Å². The molecule has 0 radical (unpaired) electrons. The zero-order chi connectivity index (χ0) is 10.7. The highest BCUT2D eigenvalue weighted by Gasteiger charge is 2.46. The fourth-order valence-corrected chi connectivity index (χ4v) is 2.67. The summed E-state index contributed by atoms with van der Waals surface area (Å²) in [6.07, 6.45) is 3.20. The first-order chi connectivity index (χ1) is 7.28. The Bertz CT molecular complexity index is 237. The van der Waals surface area contributed by atoms with Gasteiger partial charge in [0.25, 0.3) is 0 Å². The fraction of sp³-hybridized carbons (Fsp3) is 0.909. The lowest BCUT2D eigenvalue weighted by molar-refractivity contribution is -0.137. The number of nitrogens with one attached hydrogen (secondary N) is 1. The maximum Gasteiger partial charge on any atom is 0.230 e. The van der Waals surface area contributed by atoms with E-state index in [2.05, 4.69) is 5.32 Å². The van der Waals surface area contributed by atoms with Gasteiger partial charge in [-0.1, -0.05) is 0 Å². The summed E-state index contributed by atoms with van der Waals surface area (Å²) in [6, 6.07) is 0. The van der Waals surface area contributed by atoms with Crippen molar-refractivity contribution in [2.24, 2.45) is 5.41 Å². The van der Waals surface area contributed by atoms with Crippen LogP contribution >= 0.6 is 0 Å². The Morgan fingerprint density at radius 1 is 1.53 bits per heavy atom. The maximum absolute atomic E-state index is 12.2. The van der Waals surface area contributed by atoms with Gasteiger partial charge in [0.2, 0.25) is 5.91 Å². The van der Waals surface area contributed by atoms with Gasteiger partial charge in [-0.25, -0.2) is 0 Å². The summed E-state index contributed by atoms with van der Waals surface area (Å²) in [5.74, 6) is 0.340. The van der Waals surface area contributed by atoms with Gasteiger partial charge >= 0.3 is 0 Å². The van der Waals surface area contributed by atoms with Gasteiger partial charge in [0.1, 0.15) is 0 Å². The van der Waals surface area contributed by atoms with E-state index in [1.807, 2.05) is 4.90 Å². The molecule has 0 aromatic heterocycles. The van der Waals surface area contributed by atoms with Crippen molar-refractivity contribution < 1.29 is 9.53 Å². The molecule has 2 fully saturated rings. The number of hydrogen-bond donors (Lipinski definition) is 1. The molecule has 0 unspecified atom stereocenters. The van der Waals surface area contributed by atoms with E-state index in [1.165, 1.54) is 0 Å². The molecule has 86 valence electrons. The number of ether oxygens (including phenoxy) is 1. The number of carbonyl (C=O) groups excluding carboxylic acids is 1. The summed E-state index contributed by atoms with van der Waals surface area (Å²) in [6.45, 7) is 4.23. The van der Waals surface area contributed by atoms with Crippen LogP contribution in [0.25, 0.3) is 0 Å². The number of hydrogen-bond acceptors (Lipinski definition) is 3. The molecule has 2 saturated heterocycles. The predicted octanol–water partition coefficient (Wildman–Crippen LogP) is 0.235. The van der Waals surface area contributed by atoms with Crippen molar-refractivity contribution in [3.8, 4) is 0 Å². The lowest BCUT2D eigenvalue weighted by Gasteiger charge is -2.32. The minimum absolute atomic E-state index is 0.0774. The molecule has 0 bridgehead atoms. The van der Waals surface area contributed by atoms with Gasteiger partial charge in [0, 0.05) is 26.7 Å². The summed E-state index contributed by atoms with van der Waals surface area (Å²) < 4.78 is 5.02. The van der Waals surface area contributed by atoms with Crippen LogP contribution in [0.3, 0.4) is 0 Å². The van der Waals surface area contributed by atoms with E-state index in [0.29, 0.717) is 12.5 Å². The van der Waals surface area contributed by atoms with Gasteiger partial charge in [-0.05, 0) is 25.8 Å². The minimum Gasteiger partial charge on any atom is -0.383 e. The normalized spacial score (nSPS) is 31.5. The number of nitrogens with zero attached hydrogens (tertiary/aromatic N) is 1. The zero-order valence-electron chi connectivity index (χ0n) is 9.42. The van der Waals surface area contributed by atoms with Crippen LogP contribution in [0.2, 0.25) is 0 Å². The van der Waals surface area contributed by atoms with Crippen molar-refractivity contribution in [3.05, 3.63) is 0 Å². The molecule has 2 aliphatic heterocycles. The Hall–Kier alpha value is -0.610. The molecule has 2 aliphatic rings. The highest BCUT2D eigenvalue weighted by molar-refractivity contribution is 5.85. The summed E-state index contributed by atoms with van der Waals surface area (Å²) in [5.41, 5.74) is -0.0774. The van der Waals surface area contributed by atoms with E-state index in [1.54, 1.807) is 7.11 Å². The Kier molecular flexibility index (Phi) is 3.26. The molecule has 0 saturated carbocycles. The first-order valence-electron chi connectivity index (χ1n) is 5.77. The molecule has 0 aliphatic carbocycles. The molecule has 1 spiro atoms. The van der Waals surface area contributed by atoms with Crippen LogP contribution in [-0.4, -0.2) is 50.7 Å². The lowest BCUT2D eigenvalue weighted by Crippen LogP contribution is -2.46. The van der Waals surface area contributed by atoms with Crippen LogP contribution in [0.1, 0.15) is 19.3 Å². The quantitative estimate of drug-likeness (QED) is 0.728. The number of rotatable bonds is 3. The molecule has 1 N–H and O–H groups in total. The highest BCUT2D eigenvalue weighted by Crippen LogP contribution is 2.37. The number of likely N-dealkylation sites (tertiary alicyclic amines) is 1. The third-order valence-corrected chi connectivity index (χ3v) is 3.64. The smallest absolute Gasteiger partial charge is 0.230 e. The average Bonchev–Trinajstić information content (AvgIpc) is 2.56. The average molecular weight is 212 g/mol. The zero-order valence-corrected chi connectivity index (χ0v) is 9.42. The summed E-state index contributed by atoms with van der Waals surface area (Å²) in [7, 11) is 1.68. The first-order valence-corrected chi connectivity index (χ1v) is 5.77. The van der Waals surface area contributed by atoms with Gasteiger partial charge in [-0.2, -0.15) is 0 Å². The Balaban J connectivity index is 1.96. The summed E-state index contributed by atoms with van der Waals surface area (Å²) in [5, 5.41) is 3.35. The number of amides is 1. The van der Waals surface area contributed by atoms with Gasteiger partial charge < -0.3 is 15.0 Å². The second-order valence-corrected chi connectivity index (χ2v) is 4.60. The lowest BCUT2D eigenvalue weighted by atomic mass is 9.79. The molecule has 1 amide bonds. The number of carbonyl (C=O) groups is 1. The van der Waals surface area contributed by atoms with Crippen molar-refractivity contribution in [1.82, 2.24) is 10.2 Å². The molecule has 4 heteroatoms. The van der Waals surface area contributed by atoms with E-state index < -0.39 is 0 Å². The van der Waals surface area contributed by atoms with Crippen LogP contribution in [0.5, 0.6) is 0 Å². The summed E-state index contributed by atoms with van der Waals surface area (Å²) in [4.78, 5) is 14.2. The predicted molar refractivity (Wildman–Crippen MR) is 57.6 cm³/mol. The third-order valence-electron chi connectivity index (χ3n) is 3.64. The topological polar surface area (TPSA) is 41.6 Å². The second kappa shape index (κ2) is 4.49. The minimum atomic E-state index is -0.0774. The van der Waals surface area contributed by atoms with E-state index in [9.17, 15) is 4.79 Å². The van der Waals surface area contributed by atoms with Gasteiger partial charge in [-0.3, -0.25) is 4.79 Å². The van der Waals surface area contributed by atoms with Crippen molar-refractivity contribution in [2.75, 3.05) is 39.9 Å². The Morgan fingerprint density at radius 3 is 3.07 bits per heavy atom. The number of piperidine rings is 1. The van der Waals surface area contributed by atoms with Crippen LogP contribution < -0.4 is 5.32 Å². The maximum atomic E-state index is 12.2. The third kappa shape index (κ3) is 2.01. The van der Waals surface area contributed by atoms with Gasteiger partial charge in [0.05, 0.1) is 12.0 Å². The molecular weight excluding hydrogens is 192 g/mol. The molecule has 2 heterocycles. The van der Waals surface area contributed by atoms with E-state index in [0.717, 1.165) is 45.4 Å². The molecule has 2 rings (SSSR count).